The van der Waals surface area contributed by atoms with Gasteiger partial charge in [0.15, 0.2) is 5.76 Å². The van der Waals surface area contributed by atoms with E-state index in [0.29, 0.717) is 19.1 Å². The summed E-state index contributed by atoms with van der Waals surface area (Å²) in [7, 11) is 0. The largest absolute Gasteiger partial charge is 0.493 e. The fourth-order valence-electron chi connectivity index (χ4n) is 1.85. The number of carboxylic acid groups (broad SMARTS) is 1. The van der Waals surface area contributed by atoms with E-state index >= 15 is 0 Å². The molecule has 2 aromatic rings. The second-order valence-corrected chi connectivity index (χ2v) is 5.50. The number of carbonyl (C=O) groups excluding carboxylic acids is 1. The summed E-state index contributed by atoms with van der Waals surface area (Å²) in [5.41, 5.74) is 0.879. The maximum Gasteiger partial charge on any atom is 0.371 e. The number of amides is 1. The highest BCUT2D eigenvalue weighted by atomic mass is 16.5. The highest BCUT2D eigenvalue weighted by Crippen LogP contribution is 2.14. The minimum Gasteiger partial charge on any atom is -0.493 e. The van der Waals surface area contributed by atoms with Crippen molar-refractivity contribution < 1.29 is 23.8 Å². The van der Waals surface area contributed by atoms with Crippen LogP contribution in [0.1, 0.15) is 40.5 Å². The predicted molar refractivity (Wildman–Crippen MR) is 83.6 cm³/mol. The van der Waals surface area contributed by atoms with Crippen LogP contribution in [-0.2, 0) is 6.54 Å². The molecular weight excluding hydrogens is 298 g/mol. The molecule has 0 radical (unpaired) electrons. The molecule has 6 heteroatoms. The van der Waals surface area contributed by atoms with Crippen molar-refractivity contribution in [1.82, 2.24) is 5.32 Å². The number of carbonyl (C=O) groups is 2. The standard InChI is InChI=1S/C17H19NO5/c1-11(2)10-22-13-5-3-4-12(8-13)9-18-16(19)14-6-7-15(23-14)17(20)21/h3-8,11H,9-10H2,1-2H3,(H,18,19)(H,20,21). The predicted octanol–water partition coefficient (Wildman–Crippen LogP) is 2.94. The lowest BCUT2D eigenvalue weighted by atomic mass is 10.2. The van der Waals surface area contributed by atoms with E-state index in [-0.39, 0.29) is 11.5 Å². The lowest BCUT2D eigenvalue weighted by molar-refractivity contribution is 0.0659. The summed E-state index contributed by atoms with van der Waals surface area (Å²) < 4.78 is 10.6. The average Bonchev–Trinajstić information content (AvgIpc) is 3.01. The molecule has 6 nitrogen and oxygen atoms in total. The first-order valence-electron chi connectivity index (χ1n) is 7.29. The fraction of sp³-hybridized carbons (Fsp3) is 0.294. The molecule has 1 heterocycles. The van der Waals surface area contributed by atoms with Gasteiger partial charge in [0.25, 0.3) is 5.91 Å². The molecule has 0 spiro atoms. The van der Waals surface area contributed by atoms with Gasteiger partial charge in [0.1, 0.15) is 5.75 Å². The number of hydrogen-bond acceptors (Lipinski definition) is 4. The van der Waals surface area contributed by atoms with Gasteiger partial charge < -0.3 is 19.6 Å². The first-order valence-corrected chi connectivity index (χ1v) is 7.29. The summed E-state index contributed by atoms with van der Waals surface area (Å²) in [4.78, 5) is 22.6. The van der Waals surface area contributed by atoms with Gasteiger partial charge in [-0.2, -0.15) is 0 Å². The normalized spacial score (nSPS) is 10.6. The monoisotopic (exact) mass is 317 g/mol. The van der Waals surface area contributed by atoms with Gasteiger partial charge >= 0.3 is 5.97 Å². The van der Waals surface area contributed by atoms with E-state index in [4.69, 9.17) is 14.3 Å². The summed E-state index contributed by atoms with van der Waals surface area (Å²) in [6.45, 7) is 5.05. The van der Waals surface area contributed by atoms with Crippen LogP contribution >= 0.6 is 0 Å². The Morgan fingerprint density at radius 3 is 2.61 bits per heavy atom. The van der Waals surface area contributed by atoms with Crippen LogP contribution in [0.25, 0.3) is 0 Å². The number of nitrogens with one attached hydrogen (secondary N) is 1. The van der Waals surface area contributed by atoms with E-state index in [0.717, 1.165) is 11.3 Å². The molecule has 1 amide bonds. The first kappa shape index (κ1) is 16.6. The summed E-state index contributed by atoms with van der Waals surface area (Å²) in [6.07, 6.45) is 0. The lowest BCUT2D eigenvalue weighted by Gasteiger charge is -2.10. The Balaban J connectivity index is 1.93. The van der Waals surface area contributed by atoms with Crippen molar-refractivity contribution in [2.45, 2.75) is 20.4 Å². The molecule has 0 unspecified atom stereocenters. The van der Waals surface area contributed by atoms with Crippen LogP contribution in [0, 0.1) is 5.92 Å². The number of aromatic carboxylic acids is 1. The van der Waals surface area contributed by atoms with E-state index in [1.54, 1.807) is 0 Å². The number of ether oxygens (including phenoxy) is 1. The Morgan fingerprint density at radius 1 is 1.22 bits per heavy atom. The molecule has 0 aliphatic heterocycles. The molecule has 0 aliphatic rings. The fourth-order valence-corrected chi connectivity index (χ4v) is 1.85. The van der Waals surface area contributed by atoms with Gasteiger partial charge in [0, 0.05) is 6.54 Å². The Labute approximate surface area is 134 Å². The van der Waals surface area contributed by atoms with Crippen molar-refractivity contribution in [1.29, 1.82) is 0 Å². The average molecular weight is 317 g/mol. The Bertz CT molecular complexity index is 690. The second kappa shape index (κ2) is 7.49. The van der Waals surface area contributed by atoms with Crippen LogP contribution in [-0.4, -0.2) is 23.6 Å². The third kappa shape index (κ3) is 4.88. The summed E-state index contributed by atoms with van der Waals surface area (Å²) in [6, 6.07) is 10.0. The van der Waals surface area contributed by atoms with E-state index in [2.05, 4.69) is 19.2 Å². The quantitative estimate of drug-likeness (QED) is 0.819. The topological polar surface area (TPSA) is 88.8 Å². The van der Waals surface area contributed by atoms with Gasteiger partial charge in [-0.05, 0) is 35.7 Å². The molecule has 1 aromatic carbocycles. The minimum absolute atomic E-state index is 0.0328. The molecular formula is C17H19NO5. The number of rotatable bonds is 7. The van der Waals surface area contributed by atoms with Gasteiger partial charge in [-0.1, -0.05) is 26.0 Å². The lowest BCUT2D eigenvalue weighted by Crippen LogP contribution is -2.22. The van der Waals surface area contributed by atoms with Gasteiger partial charge in [-0.3, -0.25) is 4.79 Å². The zero-order valence-electron chi connectivity index (χ0n) is 13.0. The van der Waals surface area contributed by atoms with Crippen molar-refractivity contribution in [3.63, 3.8) is 0 Å². The maximum atomic E-state index is 11.9. The Kier molecular flexibility index (Phi) is 5.41. The van der Waals surface area contributed by atoms with E-state index in [1.807, 2.05) is 24.3 Å². The zero-order chi connectivity index (χ0) is 16.8. The highest BCUT2D eigenvalue weighted by Gasteiger charge is 2.14. The van der Waals surface area contributed by atoms with Gasteiger partial charge in [0.2, 0.25) is 5.76 Å². The molecule has 0 saturated carbocycles. The summed E-state index contributed by atoms with van der Waals surface area (Å²) >= 11 is 0. The third-order valence-corrected chi connectivity index (χ3v) is 2.98. The van der Waals surface area contributed by atoms with Crippen LogP contribution in [0.15, 0.2) is 40.8 Å². The Hall–Kier alpha value is -2.76. The van der Waals surface area contributed by atoms with Crippen molar-refractivity contribution in [2.24, 2.45) is 5.92 Å². The van der Waals surface area contributed by atoms with Crippen LogP contribution in [0.3, 0.4) is 0 Å². The number of hydrogen-bond donors (Lipinski definition) is 2. The second-order valence-electron chi connectivity index (χ2n) is 5.50. The van der Waals surface area contributed by atoms with Crippen LogP contribution in [0.5, 0.6) is 5.75 Å². The summed E-state index contributed by atoms with van der Waals surface area (Å²) in [5.74, 6) is -0.795. The van der Waals surface area contributed by atoms with Crippen LogP contribution in [0.4, 0.5) is 0 Å². The van der Waals surface area contributed by atoms with Crippen molar-refractivity contribution in [3.05, 3.63) is 53.5 Å². The van der Waals surface area contributed by atoms with Gasteiger partial charge in [0.05, 0.1) is 6.61 Å². The number of carboxylic acids is 1. The number of furan rings is 1. The van der Waals surface area contributed by atoms with Crippen LogP contribution < -0.4 is 10.1 Å². The zero-order valence-corrected chi connectivity index (χ0v) is 13.0. The van der Waals surface area contributed by atoms with Crippen molar-refractivity contribution in [2.75, 3.05) is 6.61 Å². The molecule has 0 saturated heterocycles. The molecule has 2 N–H and O–H groups in total. The SMILES string of the molecule is CC(C)COc1cccc(CNC(=O)c2ccc(C(=O)O)o2)c1. The Morgan fingerprint density at radius 2 is 1.96 bits per heavy atom. The molecule has 0 fully saturated rings. The third-order valence-electron chi connectivity index (χ3n) is 2.98. The van der Waals surface area contributed by atoms with Gasteiger partial charge in [-0.25, -0.2) is 4.79 Å². The van der Waals surface area contributed by atoms with Crippen molar-refractivity contribution in [3.8, 4) is 5.75 Å². The summed E-state index contributed by atoms with van der Waals surface area (Å²) in [5, 5.41) is 11.4. The highest BCUT2D eigenvalue weighted by molar-refractivity contribution is 5.93. The minimum atomic E-state index is -1.21. The molecule has 1 aromatic heterocycles. The number of benzene rings is 1. The first-order chi connectivity index (χ1) is 11.0. The molecule has 23 heavy (non-hydrogen) atoms. The molecule has 0 bridgehead atoms. The van der Waals surface area contributed by atoms with E-state index in [1.165, 1.54) is 12.1 Å². The molecule has 122 valence electrons. The maximum absolute atomic E-state index is 11.9. The van der Waals surface area contributed by atoms with Crippen molar-refractivity contribution >= 4 is 11.9 Å². The van der Waals surface area contributed by atoms with Crippen LogP contribution in [0.2, 0.25) is 0 Å². The van der Waals surface area contributed by atoms with E-state index in [9.17, 15) is 9.59 Å². The molecule has 2 rings (SSSR count). The van der Waals surface area contributed by atoms with E-state index < -0.39 is 11.9 Å². The molecule has 0 atom stereocenters. The molecule has 0 aliphatic carbocycles. The van der Waals surface area contributed by atoms with Gasteiger partial charge in [-0.15, -0.1) is 0 Å². The smallest absolute Gasteiger partial charge is 0.371 e.